The van der Waals surface area contributed by atoms with E-state index < -0.39 is 20.0 Å². The highest BCUT2D eigenvalue weighted by Crippen LogP contribution is 2.27. The molecule has 0 bridgehead atoms. The molecule has 0 radical (unpaired) electrons. The van der Waals surface area contributed by atoms with Gasteiger partial charge in [-0.2, -0.15) is 0 Å². The van der Waals surface area contributed by atoms with Crippen LogP contribution >= 0.6 is 23.2 Å². The van der Waals surface area contributed by atoms with E-state index in [0.29, 0.717) is 10.9 Å². The number of hydrogen-bond acceptors (Lipinski definition) is 4. The molecule has 3 aromatic rings. The Morgan fingerprint density at radius 2 is 1.16 bits per heavy atom. The summed E-state index contributed by atoms with van der Waals surface area (Å²) in [5.41, 5.74) is 1.55. The molecule has 3 rings (SSSR count). The zero-order valence-electron chi connectivity index (χ0n) is 17.3. The third-order valence-electron chi connectivity index (χ3n) is 4.47. The van der Waals surface area contributed by atoms with Gasteiger partial charge in [-0.3, -0.25) is 9.44 Å². The van der Waals surface area contributed by atoms with E-state index in [1.807, 2.05) is 0 Å². The standard InChI is InChI=1S/C22H22Cl2N2O4S2/c1-15(2)13-16-3-8-19(9-4-16)31(27,28)25-17-5-10-20(11-6-17)32(29,30)26-18-7-12-21(23)22(24)14-18/h3-12,14-15,25-26H,13H2,1-2H3. The maximum atomic E-state index is 12.7. The van der Waals surface area contributed by atoms with Crippen LogP contribution in [0.3, 0.4) is 0 Å². The molecule has 0 amide bonds. The van der Waals surface area contributed by atoms with Gasteiger partial charge < -0.3 is 0 Å². The summed E-state index contributed by atoms with van der Waals surface area (Å²) in [5.74, 6) is 0.469. The van der Waals surface area contributed by atoms with Crippen molar-refractivity contribution in [2.45, 2.75) is 30.1 Å². The molecule has 0 aliphatic rings. The van der Waals surface area contributed by atoms with Gasteiger partial charge in [0.1, 0.15) is 0 Å². The van der Waals surface area contributed by atoms with E-state index in [9.17, 15) is 16.8 Å². The average molecular weight is 513 g/mol. The van der Waals surface area contributed by atoms with Crippen LogP contribution in [0.1, 0.15) is 19.4 Å². The summed E-state index contributed by atoms with van der Waals surface area (Å²) in [6.07, 6.45) is 0.861. The summed E-state index contributed by atoms with van der Waals surface area (Å²) in [7, 11) is -7.71. The Hall–Kier alpha value is -2.26. The predicted molar refractivity (Wildman–Crippen MR) is 130 cm³/mol. The minimum Gasteiger partial charge on any atom is -0.280 e. The Bertz CT molecular complexity index is 1310. The minimum atomic E-state index is -3.90. The zero-order chi connectivity index (χ0) is 23.5. The molecule has 0 aliphatic heterocycles. The summed E-state index contributed by atoms with van der Waals surface area (Å²) in [6.45, 7) is 4.19. The van der Waals surface area contributed by atoms with Crippen molar-refractivity contribution in [3.05, 3.63) is 82.3 Å². The van der Waals surface area contributed by atoms with Crippen LogP contribution < -0.4 is 9.44 Å². The third kappa shape index (κ3) is 6.16. The Labute approximate surface area is 198 Å². The predicted octanol–water partition coefficient (Wildman–Crippen LogP) is 5.79. The van der Waals surface area contributed by atoms with Crippen molar-refractivity contribution in [2.75, 3.05) is 9.44 Å². The molecule has 6 nitrogen and oxygen atoms in total. The lowest BCUT2D eigenvalue weighted by Crippen LogP contribution is -2.14. The quantitative estimate of drug-likeness (QED) is 0.399. The molecule has 2 N–H and O–H groups in total. The van der Waals surface area contributed by atoms with Crippen LogP contribution in [0.2, 0.25) is 10.0 Å². The first-order valence-electron chi connectivity index (χ1n) is 9.66. The SMILES string of the molecule is CC(C)Cc1ccc(S(=O)(=O)Nc2ccc(S(=O)(=O)Nc3ccc(Cl)c(Cl)c3)cc2)cc1. The van der Waals surface area contributed by atoms with E-state index in [-0.39, 0.29) is 26.2 Å². The number of anilines is 2. The number of rotatable bonds is 8. The highest BCUT2D eigenvalue weighted by molar-refractivity contribution is 7.93. The van der Waals surface area contributed by atoms with Crippen molar-refractivity contribution in [1.82, 2.24) is 0 Å². The second kappa shape index (κ2) is 9.70. The molecule has 0 saturated carbocycles. The maximum Gasteiger partial charge on any atom is 0.261 e. The number of hydrogen-bond donors (Lipinski definition) is 2. The van der Waals surface area contributed by atoms with Gasteiger partial charge in [-0.25, -0.2) is 16.8 Å². The van der Waals surface area contributed by atoms with E-state index in [0.717, 1.165) is 12.0 Å². The van der Waals surface area contributed by atoms with Crippen molar-refractivity contribution in [1.29, 1.82) is 0 Å². The van der Waals surface area contributed by atoms with E-state index in [1.165, 1.54) is 42.5 Å². The van der Waals surface area contributed by atoms with Crippen LogP contribution in [0.25, 0.3) is 0 Å². The molecule has 0 heterocycles. The van der Waals surface area contributed by atoms with Gasteiger partial charge in [-0.05, 0) is 72.5 Å². The zero-order valence-corrected chi connectivity index (χ0v) is 20.5. The number of nitrogens with one attached hydrogen (secondary N) is 2. The molecule has 0 atom stereocenters. The minimum absolute atomic E-state index is 0.0374. The van der Waals surface area contributed by atoms with Gasteiger partial charge >= 0.3 is 0 Å². The first kappa shape index (κ1) is 24.4. The molecule has 0 aromatic heterocycles. The van der Waals surface area contributed by atoms with Crippen LogP contribution in [-0.2, 0) is 26.5 Å². The van der Waals surface area contributed by atoms with Crippen molar-refractivity contribution >= 4 is 54.6 Å². The second-order valence-electron chi connectivity index (χ2n) is 7.61. The monoisotopic (exact) mass is 512 g/mol. The van der Waals surface area contributed by atoms with E-state index >= 15 is 0 Å². The Kier molecular flexibility index (Phi) is 7.39. The molecule has 0 saturated heterocycles. The van der Waals surface area contributed by atoms with Crippen LogP contribution in [-0.4, -0.2) is 16.8 Å². The summed E-state index contributed by atoms with van der Waals surface area (Å²) < 4.78 is 55.4. The van der Waals surface area contributed by atoms with Gasteiger partial charge in [0.15, 0.2) is 0 Å². The first-order chi connectivity index (χ1) is 15.0. The Balaban J connectivity index is 1.73. The van der Waals surface area contributed by atoms with Gasteiger partial charge in [0, 0.05) is 5.69 Å². The average Bonchev–Trinajstić information content (AvgIpc) is 2.71. The van der Waals surface area contributed by atoms with Crippen molar-refractivity contribution in [3.8, 4) is 0 Å². The summed E-state index contributed by atoms with van der Waals surface area (Å²) in [4.78, 5) is 0.0903. The van der Waals surface area contributed by atoms with Crippen LogP contribution in [0.15, 0.2) is 76.5 Å². The second-order valence-corrected chi connectivity index (χ2v) is 11.8. The normalized spacial score (nSPS) is 12.0. The number of benzene rings is 3. The van der Waals surface area contributed by atoms with Gasteiger partial charge in [0.25, 0.3) is 20.0 Å². The smallest absolute Gasteiger partial charge is 0.261 e. The molecule has 32 heavy (non-hydrogen) atoms. The molecule has 3 aromatic carbocycles. The maximum absolute atomic E-state index is 12.7. The fraction of sp³-hybridized carbons (Fsp3) is 0.182. The molecule has 0 aliphatic carbocycles. The summed E-state index contributed by atoms with van der Waals surface area (Å²) >= 11 is 11.8. The lowest BCUT2D eigenvalue weighted by Gasteiger charge is -2.11. The number of sulfonamides is 2. The van der Waals surface area contributed by atoms with Crippen molar-refractivity contribution in [2.24, 2.45) is 5.92 Å². The molecule has 0 spiro atoms. The highest BCUT2D eigenvalue weighted by Gasteiger charge is 2.17. The summed E-state index contributed by atoms with van der Waals surface area (Å²) in [6, 6.07) is 16.4. The fourth-order valence-electron chi connectivity index (χ4n) is 2.97. The Morgan fingerprint density at radius 1 is 0.688 bits per heavy atom. The molecule has 0 fully saturated rings. The van der Waals surface area contributed by atoms with Gasteiger partial charge in [-0.15, -0.1) is 0 Å². The highest BCUT2D eigenvalue weighted by atomic mass is 35.5. The fourth-order valence-corrected chi connectivity index (χ4v) is 5.37. The number of halogens is 2. The van der Waals surface area contributed by atoms with Gasteiger partial charge in [0.05, 0.1) is 25.5 Å². The van der Waals surface area contributed by atoms with Gasteiger partial charge in [-0.1, -0.05) is 49.2 Å². The van der Waals surface area contributed by atoms with Crippen LogP contribution in [0, 0.1) is 5.92 Å². The largest absolute Gasteiger partial charge is 0.280 e. The molecular weight excluding hydrogens is 491 g/mol. The molecular formula is C22H22Cl2N2O4S2. The van der Waals surface area contributed by atoms with Crippen LogP contribution in [0.5, 0.6) is 0 Å². The van der Waals surface area contributed by atoms with E-state index in [4.69, 9.17) is 23.2 Å². The molecule has 170 valence electrons. The van der Waals surface area contributed by atoms with E-state index in [1.54, 1.807) is 24.3 Å². The first-order valence-corrected chi connectivity index (χ1v) is 13.4. The van der Waals surface area contributed by atoms with Crippen molar-refractivity contribution in [3.63, 3.8) is 0 Å². The van der Waals surface area contributed by atoms with Gasteiger partial charge in [0.2, 0.25) is 0 Å². The topological polar surface area (TPSA) is 92.3 Å². The van der Waals surface area contributed by atoms with Crippen LogP contribution in [0.4, 0.5) is 11.4 Å². The lowest BCUT2D eigenvalue weighted by molar-refractivity contribution is 0.600. The lowest BCUT2D eigenvalue weighted by atomic mass is 10.0. The third-order valence-corrected chi connectivity index (χ3v) is 8.00. The Morgan fingerprint density at radius 3 is 1.66 bits per heavy atom. The molecule has 0 unspecified atom stereocenters. The van der Waals surface area contributed by atoms with E-state index in [2.05, 4.69) is 23.3 Å². The van der Waals surface area contributed by atoms with Crippen molar-refractivity contribution < 1.29 is 16.8 Å². The summed E-state index contributed by atoms with van der Waals surface area (Å²) in [5, 5.41) is 0.523. The molecule has 10 heteroatoms.